The number of hydrogen-bond acceptors (Lipinski definition) is 2. The maximum Gasteiger partial charge on any atom is 0.125 e. The Kier molecular flexibility index (Phi) is 2.14. The summed E-state index contributed by atoms with van der Waals surface area (Å²) in [5.74, 6) is -0.00528. The highest BCUT2D eigenvalue weighted by Crippen LogP contribution is 2.31. The Bertz CT molecular complexity index is 337. The molecule has 0 atom stereocenters. The predicted molar refractivity (Wildman–Crippen MR) is 51.4 cm³/mol. The molecule has 1 fully saturated rings. The van der Waals surface area contributed by atoms with Gasteiger partial charge in [-0.1, -0.05) is 11.6 Å². The molecular formula is C9H10ClFN2. The number of nitrogens with two attached hydrogens (primary N) is 1. The molecule has 4 heteroatoms. The van der Waals surface area contributed by atoms with Gasteiger partial charge in [0.2, 0.25) is 0 Å². The second-order valence-corrected chi connectivity index (χ2v) is 3.65. The van der Waals surface area contributed by atoms with E-state index in [1.807, 2.05) is 0 Å². The molecule has 1 saturated heterocycles. The van der Waals surface area contributed by atoms with Crippen LogP contribution in [0.2, 0.25) is 5.02 Å². The lowest BCUT2D eigenvalue weighted by Gasteiger charge is -2.28. The van der Waals surface area contributed by atoms with Crippen LogP contribution < -0.4 is 11.1 Å². The van der Waals surface area contributed by atoms with Crippen LogP contribution in [-0.4, -0.2) is 13.1 Å². The zero-order valence-corrected chi connectivity index (χ0v) is 7.74. The van der Waals surface area contributed by atoms with Crippen molar-refractivity contribution in [3.63, 3.8) is 0 Å². The third-order valence-electron chi connectivity index (χ3n) is 2.35. The molecule has 0 aliphatic carbocycles. The topological polar surface area (TPSA) is 38.0 Å². The van der Waals surface area contributed by atoms with Gasteiger partial charge in [-0.2, -0.15) is 0 Å². The summed E-state index contributed by atoms with van der Waals surface area (Å²) in [6.07, 6.45) is 0. The van der Waals surface area contributed by atoms with Gasteiger partial charge in [-0.3, -0.25) is 0 Å². The van der Waals surface area contributed by atoms with Gasteiger partial charge >= 0.3 is 0 Å². The van der Waals surface area contributed by atoms with Crippen molar-refractivity contribution in [2.24, 2.45) is 0 Å². The molecule has 70 valence electrons. The van der Waals surface area contributed by atoms with Crippen molar-refractivity contribution in [1.82, 2.24) is 5.32 Å². The van der Waals surface area contributed by atoms with Crippen molar-refractivity contribution in [2.75, 3.05) is 18.8 Å². The van der Waals surface area contributed by atoms with E-state index in [0.717, 1.165) is 18.7 Å². The monoisotopic (exact) mass is 200 g/mol. The quantitative estimate of drug-likeness (QED) is 0.678. The van der Waals surface area contributed by atoms with E-state index in [0.29, 0.717) is 16.6 Å². The fourth-order valence-electron chi connectivity index (χ4n) is 1.45. The summed E-state index contributed by atoms with van der Waals surface area (Å²) in [4.78, 5) is 0. The summed E-state index contributed by atoms with van der Waals surface area (Å²) >= 11 is 5.76. The average molecular weight is 201 g/mol. The van der Waals surface area contributed by atoms with E-state index in [1.54, 1.807) is 0 Å². The smallest absolute Gasteiger partial charge is 0.125 e. The van der Waals surface area contributed by atoms with Gasteiger partial charge in [0.15, 0.2) is 0 Å². The molecule has 1 aliphatic rings. The second kappa shape index (κ2) is 3.16. The predicted octanol–water partition coefficient (Wildman–Crippen LogP) is 1.75. The third kappa shape index (κ3) is 1.49. The highest BCUT2D eigenvalue weighted by atomic mass is 35.5. The van der Waals surface area contributed by atoms with Gasteiger partial charge < -0.3 is 11.1 Å². The number of nitrogens with one attached hydrogen (secondary N) is 1. The molecule has 0 radical (unpaired) electrons. The SMILES string of the molecule is Nc1c(Cl)cc(F)cc1C1CNC1. The van der Waals surface area contributed by atoms with E-state index in [1.165, 1.54) is 12.1 Å². The first kappa shape index (κ1) is 8.78. The molecule has 0 unspecified atom stereocenters. The lowest BCUT2D eigenvalue weighted by atomic mass is 9.92. The van der Waals surface area contributed by atoms with Crippen molar-refractivity contribution < 1.29 is 4.39 Å². The summed E-state index contributed by atoms with van der Waals surface area (Å²) < 4.78 is 13.0. The zero-order chi connectivity index (χ0) is 9.42. The molecule has 0 amide bonds. The number of rotatable bonds is 1. The fraction of sp³-hybridized carbons (Fsp3) is 0.333. The average Bonchev–Trinajstić information content (AvgIpc) is 1.95. The Labute approximate surface area is 80.9 Å². The van der Waals surface area contributed by atoms with E-state index in [2.05, 4.69) is 5.32 Å². The summed E-state index contributed by atoms with van der Waals surface area (Å²) in [5.41, 5.74) is 7.07. The molecule has 0 saturated carbocycles. The van der Waals surface area contributed by atoms with Gasteiger partial charge in [0, 0.05) is 19.0 Å². The summed E-state index contributed by atoms with van der Waals surface area (Å²) in [7, 11) is 0. The molecule has 2 nitrogen and oxygen atoms in total. The minimum Gasteiger partial charge on any atom is -0.397 e. The van der Waals surface area contributed by atoms with Gasteiger partial charge in [0.25, 0.3) is 0 Å². The largest absolute Gasteiger partial charge is 0.397 e. The summed E-state index contributed by atoms with van der Waals surface area (Å²) in [6.45, 7) is 1.70. The van der Waals surface area contributed by atoms with Gasteiger partial charge in [-0.05, 0) is 17.7 Å². The van der Waals surface area contributed by atoms with Crippen molar-refractivity contribution in [3.8, 4) is 0 Å². The molecule has 1 aromatic carbocycles. The lowest BCUT2D eigenvalue weighted by molar-refractivity contribution is 0.447. The van der Waals surface area contributed by atoms with Crippen molar-refractivity contribution in [3.05, 3.63) is 28.5 Å². The number of nitrogen functional groups attached to an aromatic ring is 1. The molecule has 0 spiro atoms. The standard InChI is InChI=1S/C9H10ClFN2/c10-8-2-6(11)1-7(9(8)12)5-3-13-4-5/h1-2,5,13H,3-4,12H2. The minimum absolute atomic E-state index is 0.307. The molecular weight excluding hydrogens is 191 g/mol. The van der Waals surface area contributed by atoms with Crippen molar-refractivity contribution in [1.29, 1.82) is 0 Å². The number of halogens is 2. The Hall–Kier alpha value is -0.800. The Morgan fingerprint density at radius 3 is 2.69 bits per heavy atom. The first-order chi connectivity index (χ1) is 6.18. The molecule has 1 heterocycles. The van der Waals surface area contributed by atoms with Gasteiger partial charge in [-0.15, -0.1) is 0 Å². The zero-order valence-electron chi connectivity index (χ0n) is 6.98. The number of anilines is 1. The maximum absolute atomic E-state index is 13.0. The molecule has 0 aromatic heterocycles. The third-order valence-corrected chi connectivity index (χ3v) is 2.66. The van der Waals surface area contributed by atoms with Crippen LogP contribution in [0.4, 0.5) is 10.1 Å². The molecule has 1 aliphatic heterocycles. The summed E-state index contributed by atoms with van der Waals surface area (Å²) in [6, 6.07) is 2.71. The van der Waals surface area contributed by atoms with E-state index >= 15 is 0 Å². The molecule has 13 heavy (non-hydrogen) atoms. The number of hydrogen-bond donors (Lipinski definition) is 2. The molecule has 3 N–H and O–H groups in total. The van der Waals surface area contributed by atoms with Crippen LogP contribution in [0.5, 0.6) is 0 Å². The fourth-order valence-corrected chi connectivity index (χ4v) is 1.66. The number of benzene rings is 1. The van der Waals surface area contributed by atoms with Crippen LogP contribution in [0, 0.1) is 5.82 Å². The molecule has 2 rings (SSSR count). The van der Waals surface area contributed by atoms with Crippen LogP contribution in [0.15, 0.2) is 12.1 Å². The summed E-state index contributed by atoms with van der Waals surface area (Å²) in [5, 5.41) is 3.41. The highest BCUT2D eigenvalue weighted by molar-refractivity contribution is 6.33. The van der Waals surface area contributed by atoms with Crippen LogP contribution in [0.1, 0.15) is 11.5 Å². The van der Waals surface area contributed by atoms with E-state index in [-0.39, 0.29) is 5.82 Å². The van der Waals surface area contributed by atoms with Crippen LogP contribution in [-0.2, 0) is 0 Å². The van der Waals surface area contributed by atoms with Gasteiger partial charge in [0.1, 0.15) is 5.82 Å². The Morgan fingerprint density at radius 1 is 1.46 bits per heavy atom. The van der Waals surface area contributed by atoms with Gasteiger partial charge in [-0.25, -0.2) is 4.39 Å². The first-order valence-corrected chi connectivity index (χ1v) is 4.51. The molecule has 0 bridgehead atoms. The highest BCUT2D eigenvalue weighted by Gasteiger charge is 2.22. The maximum atomic E-state index is 13.0. The van der Waals surface area contributed by atoms with Crippen LogP contribution in [0.3, 0.4) is 0 Å². The van der Waals surface area contributed by atoms with E-state index in [4.69, 9.17) is 17.3 Å². The van der Waals surface area contributed by atoms with Crippen LogP contribution in [0.25, 0.3) is 0 Å². The van der Waals surface area contributed by atoms with Crippen molar-refractivity contribution >= 4 is 17.3 Å². The normalized spacial score (nSPS) is 17.1. The Balaban J connectivity index is 2.42. The molecule has 1 aromatic rings. The van der Waals surface area contributed by atoms with Gasteiger partial charge in [0.05, 0.1) is 10.7 Å². The van der Waals surface area contributed by atoms with Crippen molar-refractivity contribution in [2.45, 2.75) is 5.92 Å². The minimum atomic E-state index is -0.318. The lowest BCUT2D eigenvalue weighted by Crippen LogP contribution is -2.40. The first-order valence-electron chi connectivity index (χ1n) is 4.13. The second-order valence-electron chi connectivity index (χ2n) is 3.25. The Morgan fingerprint density at radius 2 is 2.15 bits per heavy atom. The van der Waals surface area contributed by atoms with Crippen LogP contribution >= 0.6 is 11.6 Å². The van der Waals surface area contributed by atoms with E-state index < -0.39 is 0 Å². The van der Waals surface area contributed by atoms with E-state index in [9.17, 15) is 4.39 Å².